The van der Waals surface area contributed by atoms with E-state index < -0.39 is 34.5 Å². The number of nitrogens with one attached hydrogen (secondary N) is 1. The van der Waals surface area contributed by atoms with Gasteiger partial charge in [-0.3, -0.25) is 14.3 Å². The van der Waals surface area contributed by atoms with E-state index in [2.05, 4.69) is 20.3 Å². The lowest BCUT2D eigenvalue weighted by Gasteiger charge is -2.22. The fourth-order valence-electron chi connectivity index (χ4n) is 4.24. The van der Waals surface area contributed by atoms with E-state index in [0.717, 1.165) is 16.7 Å². The Morgan fingerprint density at radius 1 is 1.03 bits per heavy atom. The number of nitrogens with zero attached hydrogens (tertiary/aromatic N) is 4. The largest absolute Gasteiger partial charge is 0.467 e. The number of anilines is 1. The van der Waals surface area contributed by atoms with Crippen LogP contribution in [0.2, 0.25) is 0 Å². The fraction of sp³-hybridized carbons (Fsp3) is 0.154. The van der Waals surface area contributed by atoms with Crippen molar-refractivity contribution in [3.63, 3.8) is 0 Å². The summed E-state index contributed by atoms with van der Waals surface area (Å²) in [6.45, 7) is 1.70. The molecule has 3 aromatic heterocycles. The van der Waals surface area contributed by atoms with E-state index in [1.54, 1.807) is 25.3 Å². The van der Waals surface area contributed by atoms with Gasteiger partial charge in [-0.1, -0.05) is 18.2 Å². The number of pyridine rings is 2. The van der Waals surface area contributed by atoms with Gasteiger partial charge in [0.2, 0.25) is 0 Å². The van der Waals surface area contributed by atoms with Gasteiger partial charge in [0.05, 0.1) is 35.3 Å². The first-order valence-corrected chi connectivity index (χ1v) is 11.1. The molecule has 5 rings (SSSR count). The Balaban J connectivity index is 1.75. The van der Waals surface area contributed by atoms with Crippen LogP contribution in [0.15, 0.2) is 71.7 Å². The van der Waals surface area contributed by atoms with E-state index in [9.17, 15) is 22.4 Å². The molecule has 2 aromatic carbocycles. The highest BCUT2D eigenvalue weighted by Crippen LogP contribution is 2.35. The normalized spacial score (nSPS) is 12.6. The summed E-state index contributed by atoms with van der Waals surface area (Å²) in [5, 5.41) is 2.76. The van der Waals surface area contributed by atoms with Crippen molar-refractivity contribution in [1.82, 2.24) is 19.5 Å². The summed E-state index contributed by atoms with van der Waals surface area (Å²) in [5.74, 6) is -0.353. The van der Waals surface area contributed by atoms with E-state index in [0.29, 0.717) is 11.0 Å². The van der Waals surface area contributed by atoms with Gasteiger partial charge in [-0.15, -0.1) is 0 Å². The molecule has 0 saturated heterocycles. The van der Waals surface area contributed by atoms with Crippen LogP contribution in [0.4, 0.5) is 23.4 Å². The number of rotatable bonds is 5. The van der Waals surface area contributed by atoms with Crippen molar-refractivity contribution >= 4 is 27.6 Å². The van der Waals surface area contributed by atoms with Crippen LogP contribution in [0.5, 0.6) is 6.01 Å². The second kappa shape index (κ2) is 9.16. The van der Waals surface area contributed by atoms with Crippen molar-refractivity contribution in [2.75, 3.05) is 12.4 Å². The standard InChI is InChI=1S/C26H19F4N5O2/c1-14(32-23-22-19(10-5-11-31-22)33-25(34-23)37-2)20-12-15-6-3-9-18(26(28,29)30)21(15)24(36)35(20)17-8-4-7-16(27)13-17/h3-14H,1-2H3,(H,32,33,34)/t14-/m0/s1. The topological polar surface area (TPSA) is 81.9 Å². The van der Waals surface area contributed by atoms with Crippen LogP contribution in [0.25, 0.3) is 27.5 Å². The molecule has 188 valence electrons. The lowest BCUT2D eigenvalue weighted by Crippen LogP contribution is -2.27. The third-order valence-electron chi connectivity index (χ3n) is 5.86. The summed E-state index contributed by atoms with van der Waals surface area (Å²) in [7, 11) is 1.41. The van der Waals surface area contributed by atoms with Crippen LogP contribution in [-0.4, -0.2) is 26.6 Å². The highest BCUT2D eigenvalue weighted by molar-refractivity contribution is 5.87. The van der Waals surface area contributed by atoms with E-state index in [-0.39, 0.29) is 28.6 Å². The van der Waals surface area contributed by atoms with Crippen molar-refractivity contribution in [3.8, 4) is 11.7 Å². The third-order valence-corrected chi connectivity index (χ3v) is 5.86. The highest BCUT2D eigenvalue weighted by atomic mass is 19.4. The molecule has 0 saturated carbocycles. The second-order valence-corrected chi connectivity index (χ2v) is 8.25. The Hall–Kier alpha value is -4.54. The zero-order valence-corrected chi connectivity index (χ0v) is 19.5. The number of hydrogen-bond acceptors (Lipinski definition) is 6. The fourth-order valence-corrected chi connectivity index (χ4v) is 4.24. The monoisotopic (exact) mass is 509 g/mol. The van der Waals surface area contributed by atoms with Gasteiger partial charge in [0.1, 0.15) is 11.3 Å². The first-order valence-electron chi connectivity index (χ1n) is 11.1. The Labute approximate surface area is 207 Å². The molecule has 11 heteroatoms. The molecule has 0 aliphatic heterocycles. The van der Waals surface area contributed by atoms with Gasteiger partial charge >= 0.3 is 12.2 Å². The van der Waals surface area contributed by atoms with Gasteiger partial charge in [-0.2, -0.15) is 23.1 Å². The molecule has 0 unspecified atom stereocenters. The maximum Gasteiger partial charge on any atom is 0.417 e. The zero-order valence-electron chi connectivity index (χ0n) is 19.5. The molecule has 0 spiro atoms. The third kappa shape index (κ3) is 4.44. The molecule has 0 fully saturated rings. The van der Waals surface area contributed by atoms with Crippen LogP contribution in [0.3, 0.4) is 0 Å². The molecule has 37 heavy (non-hydrogen) atoms. The molecule has 0 amide bonds. The van der Waals surface area contributed by atoms with Gasteiger partial charge in [0.25, 0.3) is 5.56 Å². The number of halogens is 4. The lowest BCUT2D eigenvalue weighted by molar-refractivity contribution is -0.136. The number of aromatic nitrogens is 4. The minimum Gasteiger partial charge on any atom is -0.467 e. The first kappa shape index (κ1) is 24.2. The molecule has 1 atom stereocenters. The highest BCUT2D eigenvalue weighted by Gasteiger charge is 2.34. The summed E-state index contributed by atoms with van der Waals surface area (Å²) in [5.41, 5.74) is -0.708. The quantitative estimate of drug-likeness (QED) is 0.308. The zero-order chi connectivity index (χ0) is 26.3. The van der Waals surface area contributed by atoms with Crippen LogP contribution >= 0.6 is 0 Å². The molecular formula is C26H19F4N5O2. The molecule has 1 N–H and O–H groups in total. The predicted molar refractivity (Wildman–Crippen MR) is 130 cm³/mol. The van der Waals surface area contributed by atoms with Crippen LogP contribution in [0, 0.1) is 5.82 Å². The average molecular weight is 509 g/mol. The van der Waals surface area contributed by atoms with Crippen LogP contribution < -0.4 is 15.6 Å². The summed E-state index contributed by atoms with van der Waals surface area (Å²) < 4.78 is 61.8. The smallest absolute Gasteiger partial charge is 0.417 e. The Kier molecular flexibility index (Phi) is 5.98. The van der Waals surface area contributed by atoms with Crippen LogP contribution in [-0.2, 0) is 6.18 Å². The summed E-state index contributed by atoms with van der Waals surface area (Å²) in [6.07, 6.45) is -3.20. The maximum atomic E-state index is 14.2. The van der Waals surface area contributed by atoms with Gasteiger partial charge in [-0.25, -0.2) is 4.39 Å². The van der Waals surface area contributed by atoms with Gasteiger partial charge in [0.15, 0.2) is 5.82 Å². The Morgan fingerprint density at radius 2 is 1.81 bits per heavy atom. The van der Waals surface area contributed by atoms with Crippen molar-refractivity contribution < 1.29 is 22.3 Å². The maximum absolute atomic E-state index is 14.2. The van der Waals surface area contributed by atoms with E-state index in [1.807, 2.05) is 0 Å². The van der Waals surface area contributed by atoms with E-state index in [4.69, 9.17) is 4.74 Å². The summed E-state index contributed by atoms with van der Waals surface area (Å²) >= 11 is 0. The number of hydrogen-bond donors (Lipinski definition) is 1. The lowest BCUT2D eigenvalue weighted by atomic mass is 10.0. The van der Waals surface area contributed by atoms with Crippen LogP contribution in [0.1, 0.15) is 24.2 Å². The minimum absolute atomic E-state index is 0.0750. The van der Waals surface area contributed by atoms with Crippen molar-refractivity contribution in [2.24, 2.45) is 0 Å². The first-order chi connectivity index (χ1) is 17.7. The Bertz CT molecular complexity index is 1700. The summed E-state index contributed by atoms with van der Waals surface area (Å²) in [4.78, 5) is 26.6. The number of methoxy groups -OCH3 is 1. The molecule has 0 aliphatic carbocycles. The molecule has 7 nitrogen and oxygen atoms in total. The molecule has 0 aliphatic rings. The average Bonchev–Trinajstić information content (AvgIpc) is 2.87. The van der Waals surface area contributed by atoms with Gasteiger partial charge in [-0.05, 0) is 54.8 Å². The number of ether oxygens (including phenoxy) is 1. The number of benzene rings is 2. The molecule has 3 heterocycles. The molecule has 0 bridgehead atoms. The minimum atomic E-state index is -4.76. The number of fused-ring (bicyclic) bond motifs is 2. The molecule has 5 aromatic rings. The van der Waals surface area contributed by atoms with Crippen molar-refractivity contribution in [2.45, 2.75) is 19.1 Å². The van der Waals surface area contributed by atoms with Gasteiger partial charge in [0, 0.05) is 11.9 Å². The predicted octanol–water partition coefficient (Wildman–Crippen LogP) is 5.67. The second-order valence-electron chi connectivity index (χ2n) is 8.25. The van der Waals surface area contributed by atoms with Crippen molar-refractivity contribution in [3.05, 3.63) is 94.3 Å². The van der Waals surface area contributed by atoms with Crippen molar-refractivity contribution in [1.29, 1.82) is 0 Å². The van der Waals surface area contributed by atoms with E-state index >= 15 is 0 Å². The number of alkyl halides is 3. The summed E-state index contributed by atoms with van der Waals surface area (Å²) in [6, 6.07) is 12.9. The van der Waals surface area contributed by atoms with E-state index in [1.165, 1.54) is 43.5 Å². The molecular weight excluding hydrogens is 490 g/mol. The van der Waals surface area contributed by atoms with Gasteiger partial charge < -0.3 is 10.1 Å². The Morgan fingerprint density at radius 3 is 2.54 bits per heavy atom. The molecule has 0 radical (unpaired) electrons. The SMILES string of the molecule is COc1nc(N[C@@H](C)c2cc3cccc(C(F)(F)F)c3c(=O)n2-c2cccc(F)c2)c2ncccc2n1.